The quantitative estimate of drug-likeness (QED) is 0.797. The number of hydrogen-bond acceptors (Lipinski definition) is 4. The zero-order valence-corrected chi connectivity index (χ0v) is 12.4. The van der Waals surface area contributed by atoms with Gasteiger partial charge in [-0.05, 0) is 32.4 Å². The van der Waals surface area contributed by atoms with E-state index in [1.54, 1.807) is 7.11 Å². The monoisotopic (exact) mass is 266 g/mol. The van der Waals surface area contributed by atoms with Gasteiger partial charge in [-0.2, -0.15) is 5.10 Å². The molecular formula is C14H26N4O. The van der Waals surface area contributed by atoms with Gasteiger partial charge in [0.25, 0.3) is 0 Å². The summed E-state index contributed by atoms with van der Waals surface area (Å²) in [7, 11) is 3.78. The van der Waals surface area contributed by atoms with Gasteiger partial charge in [0, 0.05) is 39.8 Å². The van der Waals surface area contributed by atoms with Crippen LogP contribution in [0.25, 0.3) is 0 Å². The van der Waals surface area contributed by atoms with Crippen LogP contribution in [-0.2, 0) is 18.3 Å². The molecule has 1 unspecified atom stereocenters. The zero-order chi connectivity index (χ0) is 13.7. The molecule has 1 aromatic heterocycles. The second kappa shape index (κ2) is 7.03. The average molecular weight is 266 g/mol. The fourth-order valence-electron chi connectivity index (χ4n) is 2.72. The van der Waals surface area contributed by atoms with E-state index in [-0.39, 0.29) is 0 Å². The predicted octanol–water partition coefficient (Wildman–Crippen LogP) is 0.929. The number of nitrogens with one attached hydrogen (secondary N) is 1. The third kappa shape index (κ3) is 4.30. The van der Waals surface area contributed by atoms with Gasteiger partial charge in [-0.3, -0.25) is 9.58 Å². The van der Waals surface area contributed by atoms with Crippen LogP contribution in [-0.4, -0.2) is 54.1 Å². The Morgan fingerprint density at radius 1 is 1.58 bits per heavy atom. The summed E-state index contributed by atoms with van der Waals surface area (Å²) in [5, 5.41) is 7.98. The molecule has 0 aliphatic carbocycles. The van der Waals surface area contributed by atoms with Crippen LogP contribution in [0.4, 0.5) is 0 Å². The molecule has 5 nitrogen and oxygen atoms in total. The third-order valence-electron chi connectivity index (χ3n) is 3.74. The maximum Gasteiger partial charge on any atom is 0.0597 e. The molecule has 0 radical (unpaired) electrons. The summed E-state index contributed by atoms with van der Waals surface area (Å²) in [6.45, 7) is 6.99. The van der Waals surface area contributed by atoms with E-state index in [0.29, 0.717) is 6.04 Å². The lowest BCUT2D eigenvalue weighted by Gasteiger charge is -2.25. The van der Waals surface area contributed by atoms with Crippen LogP contribution in [0.1, 0.15) is 24.2 Å². The highest BCUT2D eigenvalue weighted by Crippen LogP contribution is 2.11. The largest absolute Gasteiger partial charge is 0.383 e. The van der Waals surface area contributed by atoms with Gasteiger partial charge in [-0.1, -0.05) is 0 Å². The van der Waals surface area contributed by atoms with Crippen LogP contribution in [0.5, 0.6) is 0 Å². The Morgan fingerprint density at radius 3 is 3.00 bits per heavy atom. The number of nitrogens with zero attached hydrogens (tertiary/aromatic N) is 3. The molecule has 2 rings (SSSR count). The molecule has 1 aliphatic rings. The van der Waals surface area contributed by atoms with Crippen molar-refractivity contribution in [2.24, 2.45) is 7.05 Å². The molecule has 1 aromatic rings. The van der Waals surface area contributed by atoms with Gasteiger partial charge in [-0.15, -0.1) is 0 Å². The van der Waals surface area contributed by atoms with Crippen molar-refractivity contribution in [3.05, 3.63) is 17.5 Å². The zero-order valence-electron chi connectivity index (χ0n) is 12.4. The lowest BCUT2D eigenvalue weighted by Crippen LogP contribution is -2.39. The van der Waals surface area contributed by atoms with Gasteiger partial charge in [-0.25, -0.2) is 0 Å². The van der Waals surface area contributed by atoms with Crippen LogP contribution in [0.3, 0.4) is 0 Å². The SMILES string of the molecule is COCCN(Cc1cc(C)nn1C)CC1CCCN1. The van der Waals surface area contributed by atoms with E-state index in [2.05, 4.69) is 21.4 Å². The van der Waals surface area contributed by atoms with Gasteiger partial charge in [0.05, 0.1) is 18.0 Å². The molecule has 1 N–H and O–H groups in total. The number of ether oxygens (including phenoxy) is 1. The number of aryl methyl sites for hydroxylation is 2. The van der Waals surface area contributed by atoms with Crippen LogP contribution in [0.15, 0.2) is 6.07 Å². The minimum atomic E-state index is 0.631. The first-order valence-electron chi connectivity index (χ1n) is 7.13. The standard InChI is InChI=1S/C14H26N4O/c1-12-9-14(17(2)16-12)11-18(7-8-19-3)10-13-5-4-6-15-13/h9,13,15H,4-8,10-11H2,1-3H3. The fourth-order valence-corrected chi connectivity index (χ4v) is 2.72. The summed E-state index contributed by atoms with van der Waals surface area (Å²) in [5.74, 6) is 0. The van der Waals surface area contributed by atoms with Gasteiger partial charge in [0.1, 0.15) is 0 Å². The average Bonchev–Trinajstić information content (AvgIpc) is 2.97. The van der Waals surface area contributed by atoms with Crippen molar-refractivity contribution in [2.75, 3.05) is 33.4 Å². The lowest BCUT2D eigenvalue weighted by atomic mass is 10.2. The fraction of sp³-hybridized carbons (Fsp3) is 0.786. The highest BCUT2D eigenvalue weighted by Gasteiger charge is 2.18. The molecular weight excluding hydrogens is 240 g/mol. The van der Waals surface area contributed by atoms with E-state index in [0.717, 1.165) is 38.5 Å². The highest BCUT2D eigenvalue weighted by atomic mass is 16.5. The molecule has 0 saturated carbocycles. The molecule has 1 saturated heterocycles. The molecule has 0 amide bonds. The minimum Gasteiger partial charge on any atom is -0.383 e. The van der Waals surface area contributed by atoms with E-state index in [1.165, 1.54) is 18.5 Å². The molecule has 1 atom stereocenters. The van der Waals surface area contributed by atoms with Gasteiger partial charge in [0.2, 0.25) is 0 Å². The van der Waals surface area contributed by atoms with Crippen molar-refractivity contribution >= 4 is 0 Å². The van der Waals surface area contributed by atoms with E-state index in [1.807, 2.05) is 18.7 Å². The minimum absolute atomic E-state index is 0.631. The van der Waals surface area contributed by atoms with E-state index in [4.69, 9.17) is 4.74 Å². The van der Waals surface area contributed by atoms with Crippen molar-refractivity contribution in [1.29, 1.82) is 0 Å². The smallest absolute Gasteiger partial charge is 0.0597 e. The van der Waals surface area contributed by atoms with Gasteiger partial charge >= 0.3 is 0 Å². The van der Waals surface area contributed by atoms with Crippen LogP contribution >= 0.6 is 0 Å². The first kappa shape index (κ1) is 14.5. The maximum absolute atomic E-state index is 5.23. The molecule has 0 spiro atoms. The van der Waals surface area contributed by atoms with Crippen molar-refractivity contribution < 1.29 is 4.74 Å². The molecule has 1 aliphatic heterocycles. The summed E-state index contributed by atoms with van der Waals surface area (Å²) >= 11 is 0. The van der Waals surface area contributed by atoms with Crippen LogP contribution < -0.4 is 5.32 Å². The molecule has 2 heterocycles. The maximum atomic E-state index is 5.23. The van der Waals surface area contributed by atoms with Gasteiger partial charge in [0.15, 0.2) is 0 Å². The number of hydrogen-bond donors (Lipinski definition) is 1. The van der Waals surface area contributed by atoms with E-state index >= 15 is 0 Å². The number of rotatable bonds is 7. The summed E-state index contributed by atoms with van der Waals surface area (Å²) in [4.78, 5) is 2.46. The molecule has 0 bridgehead atoms. The molecule has 5 heteroatoms. The summed E-state index contributed by atoms with van der Waals surface area (Å²) in [6.07, 6.45) is 2.58. The Balaban J connectivity index is 1.93. The normalized spacial score (nSPS) is 19.5. The number of methoxy groups -OCH3 is 1. The van der Waals surface area contributed by atoms with Crippen molar-refractivity contribution in [1.82, 2.24) is 20.0 Å². The Hall–Kier alpha value is -0.910. The van der Waals surface area contributed by atoms with Crippen LogP contribution in [0.2, 0.25) is 0 Å². The Labute approximate surface area is 115 Å². The Kier molecular flexibility index (Phi) is 5.36. The first-order chi connectivity index (χ1) is 9.19. The molecule has 108 valence electrons. The van der Waals surface area contributed by atoms with Crippen molar-refractivity contribution in [2.45, 2.75) is 32.4 Å². The van der Waals surface area contributed by atoms with Crippen molar-refractivity contribution in [3.8, 4) is 0 Å². The number of aromatic nitrogens is 2. The second-order valence-electron chi connectivity index (χ2n) is 5.42. The van der Waals surface area contributed by atoms with E-state index < -0.39 is 0 Å². The summed E-state index contributed by atoms with van der Waals surface area (Å²) in [6, 6.07) is 2.80. The molecule has 0 aromatic carbocycles. The second-order valence-corrected chi connectivity index (χ2v) is 5.42. The Bertz CT molecular complexity index is 385. The summed E-state index contributed by atoms with van der Waals surface area (Å²) < 4.78 is 7.21. The van der Waals surface area contributed by atoms with Crippen LogP contribution in [0, 0.1) is 6.92 Å². The van der Waals surface area contributed by atoms with Crippen molar-refractivity contribution in [3.63, 3.8) is 0 Å². The Morgan fingerprint density at radius 2 is 2.42 bits per heavy atom. The lowest BCUT2D eigenvalue weighted by molar-refractivity contribution is 0.136. The predicted molar refractivity (Wildman–Crippen MR) is 76.1 cm³/mol. The topological polar surface area (TPSA) is 42.3 Å². The first-order valence-corrected chi connectivity index (χ1v) is 7.13. The summed E-state index contributed by atoms with van der Waals surface area (Å²) in [5.41, 5.74) is 2.36. The molecule has 1 fully saturated rings. The highest BCUT2D eigenvalue weighted by molar-refractivity contribution is 5.08. The molecule has 19 heavy (non-hydrogen) atoms. The van der Waals surface area contributed by atoms with E-state index in [9.17, 15) is 0 Å². The van der Waals surface area contributed by atoms with Gasteiger partial charge < -0.3 is 10.1 Å². The third-order valence-corrected chi connectivity index (χ3v) is 3.74.